The van der Waals surface area contributed by atoms with Crippen molar-refractivity contribution in [3.63, 3.8) is 0 Å². The van der Waals surface area contributed by atoms with Crippen LogP contribution in [0.15, 0.2) is 23.4 Å². The summed E-state index contributed by atoms with van der Waals surface area (Å²) in [5.74, 6) is 0. The number of rotatable bonds is 2. The van der Waals surface area contributed by atoms with Crippen molar-refractivity contribution >= 4 is 6.29 Å². The molecule has 1 aliphatic carbocycles. The van der Waals surface area contributed by atoms with Crippen molar-refractivity contribution in [2.24, 2.45) is 0 Å². The number of hydrogen-bond acceptors (Lipinski definition) is 3. The van der Waals surface area contributed by atoms with Gasteiger partial charge in [-0.25, -0.2) is 0 Å². The van der Waals surface area contributed by atoms with E-state index in [2.05, 4.69) is 0 Å². The van der Waals surface area contributed by atoms with Crippen molar-refractivity contribution in [3.8, 4) is 0 Å². The van der Waals surface area contributed by atoms with Gasteiger partial charge >= 0.3 is 0 Å². The molecular weight excluding hydrogens is 134 g/mol. The lowest BCUT2D eigenvalue weighted by Gasteiger charge is -1.88. The predicted octanol–water partition coefficient (Wildman–Crippen LogP) is 0.676. The molecule has 0 spiro atoms. The molecule has 0 amide bonds. The Kier molecular flexibility index (Phi) is 1.62. The summed E-state index contributed by atoms with van der Waals surface area (Å²) in [7, 11) is 0. The minimum absolute atomic E-state index is 0.0853. The monoisotopic (exact) mass is 139 g/mol. The fraction of sp³-hybridized carbons (Fsp3) is 0.167. The molecule has 0 unspecified atom stereocenters. The molecule has 0 fully saturated rings. The molecule has 4 heteroatoms. The lowest BCUT2D eigenvalue weighted by atomic mass is 10.2. The molecule has 1 rings (SSSR count). The summed E-state index contributed by atoms with van der Waals surface area (Å²) in [4.78, 5) is 19.6. The number of allylic oxidation sites excluding steroid dienone is 3. The average Bonchev–Trinajstić information content (AvgIpc) is 2.34. The zero-order valence-electron chi connectivity index (χ0n) is 5.11. The normalized spacial score (nSPS) is 16.0. The Bertz CT molecular complexity index is 239. The van der Waals surface area contributed by atoms with Crippen molar-refractivity contribution < 1.29 is 9.72 Å². The van der Waals surface area contributed by atoms with Crippen molar-refractivity contribution in [3.05, 3.63) is 33.5 Å². The van der Waals surface area contributed by atoms with E-state index in [1.807, 2.05) is 0 Å². The Morgan fingerprint density at radius 1 is 1.60 bits per heavy atom. The van der Waals surface area contributed by atoms with Gasteiger partial charge in [-0.05, 0) is 6.08 Å². The van der Waals surface area contributed by atoms with Gasteiger partial charge in [-0.2, -0.15) is 0 Å². The number of nitrogens with zero attached hydrogens (tertiary/aromatic N) is 1. The van der Waals surface area contributed by atoms with E-state index in [0.717, 1.165) is 0 Å². The summed E-state index contributed by atoms with van der Waals surface area (Å²) in [6.45, 7) is 0. The molecule has 0 radical (unpaired) electrons. The fourth-order valence-electron chi connectivity index (χ4n) is 0.737. The first kappa shape index (κ1) is 6.67. The van der Waals surface area contributed by atoms with E-state index in [1.165, 1.54) is 12.2 Å². The topological polar surface area (TPSA) is 60.2 Å². The maximum atomic E-state index is 10.1. The van der Waals surface area contributed by atoms with E-state index in [1.54, 1.807) is 0 Å². The third-order valence-corrected chi connectivity index (χ3v) is 1.26. The zero-order chi connectivity index (χ0) is 7.56. The maximum Gasteiger partial charge on any atom is 0.250 e. The molecule has 0 aromatic rings. The lowest BCUT2D eigenvalue weighted by molar-refractivity contribution is -0.426. The average molecular weight is 139 g/mol. The summed E-state index contributed by atoms with van der Waals surface area (Å²) >= 11 is 0. The summed E-state index contributed by atoms with van der Waals surface area (Å²) in [6, 6.07) is 0. The maximum absolute atomic E-state index is 10.1. The van der Waals surface area contributed by atoms with Crippen LogP contribution in [0, 0.1) is 10.1 Å². The van der Waals surface area contributed by atoms with Crippen molar-refractivity contribution in [1.82, 2.24) is 0 Å². The van der Waals surface area contributed by atoms with Crippen LogP contribution in [0.2, 0.25) is 0 Å². The Morgan fingerprint density at radius 2 is 2.30 bits per heavy atom. The van der Waals surface area contributed by atoms with E-state index in [4.69, 9.17) is 0 Å². The van der Waals surface area contributed by atoms with Gasteiger partial charge in [0.05, 0.1) is 11.3 Å². The molecule has 1 aliphatic rings. The summed E-state index contributed by atoms with van der Waals surface area (Å²) < 4.78 is 0. The van der Waals surface area contributed by atoms with Gasteiger partial charge in [-0.1, -0.05) is 0 Å². The second kappa shape index (κ2) is 2.43. The SMILES string of the molecule is O=CC1=CC=C([N+](=O)[O-])C1. The molecule has 0 saturated heterocycles. The van der Waals surface area contributed by atoms with E-state index in [-0.39, 0.29) is 12.1 Å². The third-order valence-electron chi connectivity index (χ3n) is 1.26. The number of carbonyl (C=O) groups excluding carboxylic acids is 1. The van der Waals surface area contributed by atoms with E-state index in [9.17, 15) is 14.9 Å². The summed E-state index contributed by atoms with van der Waals surface area (Å²) in [6.07, 6.45) is 3.61. The standard InChI is InChI=1S/C6H5NO3/c8-4-5-1-2-6(3-5)7(9)10/h1-2,4H,3H2. The Balaban J connectivity index is 2.64. The van der Waals surface area contributed by atoms with E-state index in [0.29, 0.717) is 11.9 Å². The largest absolute Gasteiger partial charge is 0.298 e. The number of aldehydes is 1. The Morgan fingerprint density at radius 3 is 2.60 bits per heavy atom. The van der Waals surface area contributed by atoms with Crippen LogP contribution >= 0.6 is 0 Å². The minimum Gasteiger partial charge on any atom is -0.298 e. The van der Waals surface area contributed by atoms with Gasteiger partial charge in [0.15, 0.2) is 0 Å². The van der Waals surface area contributed by atoms with E-state index >= 15 is 0 Å². The highest BCUT2D eigenvalue weighted by Gasteiger charge is 2.16. The first-order chi connectivity index (χ1) is 4.74. The highest BCUT2D eigenvalue weighted by Crippen LogP contribution is 2.16. The molecule has 0 atom stereocenters. The third kappa shape index (κ3) is 1.10. The highest BCUT2D eigenvalue weighted by atomic mass is 16.6. The van der Waals surface area contributed by atoms with Crippen molar-refractivity contribution in [2.75, 3.05) is 0 Å². The van der Waals surface area contributed by atoms with Gasteiger partial charge in [0.25, 0.3) is 5.70 Å². The minimum atomic E-state index is -0.479. The quantitative estimate of drug-likeness (QED) is 0.321. The van der Waals surface area contributed by atoms with E-state index < -0.39 is 4.92 Å². The molecule has 0 aromatic heterocycles. The van der Waals surface area contributed by atoms with Crippen LogP contribution in [-0.2, 0) is 4.79 Å². The van der Waals surface area contributed by atoms with Crippen LogP contribution in [0.4, 0.5) is 0 Å². The van der Waals surface area contributed by atoms with Crippen molar-refractivity contribution in [2.45, 2.75) is 6.42 Å². The molecule has 10 heavy (non-hydrogen) atoms. The first-order valence-corrected chi connectivity index (χ1v) is 2.73. The fourth-order valence-corrected chi connectivity index (χ4v) is 0.737. The number of carbonyl (C=O) groups is 1. The lowest BCUT2D eigenvalue weighted by Crippen LogP contribution is -1.96. The van der Waals surface area contributed by atoms with Gasteiger partial charge in [0.1, 0.15) is 6.29 Å². The molecular formula is C6H5NO3. The van der Waals surface area contributed by atoms with Gasteiger partial charge in [-0.15, -0.1) is 0 Å². The molecule has 0 heterocycles. The molecule has 0 saturated carbocycles. The Labute approximate surface area is 57.0 Å². The molecule has 0 aromatic carbocycles. The Hall–Kier alpha value is -1.45. The first-order valence-electron chi connectivity index (χ1n) is 2.73. The summed E-state index contributed by atoms with van der Waals surface area (Å²) in [5, 5.41) is 10.1. The molecule has 52 valence electrons. The molecule has 0 bridgehead atoms. The van der Waals surface area contributed by atoms with Gasteiger partial charge in [0.2, 0.25) is 0 Å². The predicted molar refractivity (Wildman–Crippen MR) is 33.8 cm³/mol. The zero-order valence-corrected chi connectivity index (χ0v) is 5.11. The van der Waals surface area contributed by atoms with Gasteiger partial charge in [0, 0.05) is 11.6 Å². The number of nitro groups is 1. The molecule has 4 nitrogen and oxygen atoms in total. The van der Waals surface area contributed by atoms with Crippen LogP contribution in [0.25, 0.3) is 0 Å². The molecule has 0 aliphatic heterocycles. The van der Waals surface area contributed by atoms with Crippen LogP contribution < -0.4 is 0 Å². The van der Waals surface area contributed by atoms with Crippen LogP contribution in [0.1, 0.15) is 6.42 Å². The van der Waals surface area contributed by atoms with Gasteiger partial charge in [-0.3, -0.25) is 14.9 Å². The second-order valence-corrected chi connectivity index (χ2v) is 1.95. The molecule has 0 N–H and O–H groups in total. The van der Waals surface area contributed by atoms with Crippen LogP contribution in [0.5, 0.6) is 0 Å². The number of hydrogen-bond donors (Lipinski definition) is 0. The smallest absolute Gasteiger partial charge is 0.250 e. The van der Waals surface area contributed by atoms with Crippen molar-refractivity contribution in [1.29, 1.82) is 0 Å². The second-order valence-electron chi connectivity index (χ2n) is 1.95. The summed E-state index contributed by atoms with van der Waals surface area (Å²) in [5.41, 5.74) is 0.550. The van der Waals surface area contributed by atoms with Gasteiger partial charge < -0.3 is 0 Å². The van der Waals surface area contributed by atoms with Crippen LogP contribution in [-0.4, -0.2) is 11.2 Å². The van der Waals surface area contributed by atoms with Crippen LogP contribution in [0.3, 0.4) is 0 Å². The highest BCUT2D eigenvalue weighted by molar-refractivity contribution is 5.75.